The van der Waals surface area contributed by atoms with Gasteiger partial charge in [-0.3, -0.25) is 24.3 Å². The number of nitro groups is 1. The molecule has 0 radical (unpaired) electrons. The summed E-state index contributed by atoms with van der Waals surface area (Å²) in [6, 6.07) is 3.79. The van der Waals surface area contributed by atoms with Crippen LogP contribution in [0.1, 0.15) is 26.2 Å². The second-order valence-electron chi connectivity index (χ2n) is 6.70. The quantitative estimate of drug-likeness (QED) is 0.362. The van der Waals surface area contributed by atoms with Gasteiger partial charge in [-0.05, 0) is 31.7 Å². The van der Waals surface area contributed by atoms with Gasteiger partial charge in [0.2, 0.25) is 5.91 Å². The molecule has 0 aliphatic heterocycles. The van der Waals surface area contributed by atoms with E-state index in [2.05, 4.69) is 0 Å². The number of benzene rings is 1. The van der Waals surface area contributed by atoms with Gasteiger partial charge >= 0.3 is 11.7 Å². The molecule has 3 rings (SSSR count). The number of hydrogen-bond acceptors (Lipinski definition) is 7. The number of rotatable bonds is 9. The fraction of sp³-hybridized carbons (Fsp3) is 0.500. The zero-order valence-electron chi connectivity index (χ0n) is 15.5. The number of hydrogen-bond donors (Lipinski definition) is 0. The minimum Gasteiger partial charge on any atom is -0.466 e. The Morgan fingerprint density at radius 2 is 2.14 bits per heavy atom. The van der Waals surface area contributed by atoms with E-state index in [9.17, 15) is 24.5 Å². The number of aromatic nitrogens is 1. The van der Waals surface area contributed by atoms with Gasteiger partial charge in [0, 0.05) is 19.2 Å². The standard InChI is InChI=1S/C18H21N3O7/c1-2-27-17(23)7-8-19(10-12-3-4-12)16(22)11-20-14-6-5-13(21(25)26)9-15(14)28-18(20)24/h5-6,9,12H,2-4,7-8,10-11H2,1H3. The number of carbonyl (C=O) groups excluding carboxylic acids is 2. The summed E-state index contributed by atoms with van der Waals surface area (Å²) >= 11 is 0. The second-order valence-corrected chi connectivity index (χ2v) is 6.70. The van der Waals surface area contributed by atoms with Gasteiger partial charge in [0.05, 0.1) is 29.5 Å². The number of nitro benzene ring substituents is 1. The predicted molar refractivity (Wildman–Crippen MR) is 97.7 cm³/mol. The molecule has 1 fully saturated rings. The van der Waals surface area contributed by atoms with Crippen LogP contribution in [0.15, 0.2) is 27.4 Å². The number of ether oxygens (including phenoxy) is 1. The lowest BCUT2D eigenvalue weighted by molar-refractivity contribution is -0.384. The molecular weight excluding hydrogens is 370 g/mol. The molecule has 1 aromatic carbocycles. The number of oxazole rings is 1. The average Bonchev–Trinajstić information content (AvgIpc) is 3.42. The first-order valence-electron chi connectivity index (χ1n) is 9.10. The van der Waals surface area contributed by atoms with Gasteiger partial charge in [-0.25, -0.2) is 4.79 Å². The van der Waals surface area contributed by atoms with Crippen LogP contribution in [-0.4, -0.2) is 46.0 Å². The zero-order valence-corrected chi connectivity index (χ0v) is 15.5. The fourth-order valence-corrected chi connectivity index (χ4v) is 2.94. The lowest BCUT2D eigenvalue weighted by Gasteiger charge is -2.22. The molecule has 1 aliphatic rings. The minimum atomic E-state index is -0.763. The number of amides is 1. The SMILES string of the molecule is CCOC(=O)CCN(CC1CC1)C(=O)Cn1c(=O)oc2cc([N+](=O)[O-])ccc21. The molecule has 0 bridgehead atoms. The number of non-ortho nitro benzene ring substituents is 1. The normalized spacial score (nSPS) is 13.5. The van der Waals surface area contributed by atoms with E-state index in [1.165, 1.54) is 12.1 Å². The molecule has 0 saturated heterocycles. The lowest BCUT2D eigenvalue weighted by atomic mass is 10.2. The largest absolute Gasteiger partial charge is 0.466 e. The highest BCUT2D eigenvalue weighted by molar-refractivity contribution is 5.81. The van der Waals surface area contributed by atoms with E-state index in [1.54, 1.807) is 11.8 Å². The number of nitrogens with zero attached hydrogens (tertiary/aromatic N) is 3. The molecule has 0 unspecified atom stereocenters. The highest BCUT2D eigenvalue weighted by atomic mass is 16.6. The molecule has 1 saturated carbocycles. The highest BCUT2D eigenvalue weighted by Crippen LogP contribution is 2.30. The monoisotopic (exact) mass is 391 g/mol. The molecule has 10 nitrogen and oxygen atoms in total. The van der Waals surface area contributed by atoms with Gasteiger partial charge in [0.15, 0.2) is 5.58 Å². The van der Waals surface area contributed by atoms with Crippen molar-refractivity contribution in [3.05, 3.63) is 38.9 Å². The first-order valence-corrected chi connectivity index (χ1v) is 9.10. The molecule has 1 amide bonds. The molecule has 1 aromatic heterocycles. The Morgan fingerprint density at radius 1 is 1.39 bits per heavy atom. The Labute approximate surface area is 159 Å². The minimum absolute atomic E-state index is 0.0484. The average molecular weight is 391 g/mol. The van der Waals surface area contributed by atoms with E-state index in [0.717, 1.165) is 23.5 Å². The summed E-state index contributed by atoms with van der Waals surface area (Å²) in [7, 11) is 0. The van der Waals surface area contributed by atoms with Crippen LogP contribution in [0.25, 0.3) is 11.1 Å². The van der Waals surface area contributed by atoms with Gasteiger partial charge in [-0.2, -0.15) is 0 Å². The molecule has 10 heteroatoms. The van der Waals surface area contributed by atoms with Crippen LogP contribution in [0.4, 0.5) is 5.69 Å². The molecular formula is C18H21N3O7. The third-order valence-electron chi connectivity index (χ3n) is 4.58. The maximum Gasteiger partial charge on any atom is 0.420 e. The summed E-state index contributed by atoms with van der Waals surface area (Å²) in [5, 5.41) is 10.9. The zero-order chi connectivity index (χ0) is 20.3. The molecule has 28 heavy (non-hydrogen) atoms. The van der Waals surface area contributed by atoms with Crippen molar-refractivity contribution in [3.8, 4) is 0 Å². The molecule has 1 aliphatic carbocycles. The topological polar surface area (TPSA) is 125 Å². The van der Waals surface area contributed by atoms with Gasteiger partial charge in [0.1, 0.15) is 6.54 Å². The van der Waals surface area contributed by atoms with Crippen LogP contribution >= 0.6 is 0 Å². The Hall–Kier alpha value is -3.17. The summed E-state index contributed by atoms with van der Waals surface area (Å²) in [4.78, 5) is 48.4. The Kier molecular flexibility index (Phi) is 5.76. The van der Waals surface area contributed by atoms with Crippen LogP contribution in [0.2, 0.25) is 0 Å². The second kappa shape index (κ2) is 8.24. The van der Waals surface area contributed by atoms with E-state index >= 15 is 0 Å². The van der Waals surface area contributed by atoms with Crippen LogP contribution in [0.3, 0.4) is 0 Å². The Bertz CT molecular complexity index is 958. The van der Waals surface area contributed by atoms with Gasteiger partial charge < -0.3 is 14.1 Å². The molecule has 0 spiro atoms. The van der Waals surface area contributed by atoms with E-state index in [-0.39, 0.29) is 49.3 Å². The smallest absolute Gasteiger partial charge is 0.420 e. The van der Waals surface area contributed by atoms with E-state index in [0.29, 0.717) is 18.0 Å². The molecule has 0 atom stereocenters. The van der Waals surface area contributed by atoms with E-state index in [4.69, 9.17) is 9.15 Å². The first kappa shape index (κ1) is 19.6. The number of carbonyl (C=O) groups is 2. The molecule has 2 aromatic rings. The van der Waals surface area contributed by atoms with Gasteiger partial charge in [0.25, 0.3) is 5.69 Å². The van der Waals surface area contributed by atoms with Crippen molar-refractivity contribution in [1.29, 1.82) is 0 Å². The summed E-state index contributed by atoms with van der Waals surface area (Å²) in [6.45, 7) is 2.46. The first-order chi connectivity index (χ1) is 13.4. The van der Waals surface area contributed by atoms with Crippen LogP contribution < -0.4 is 5.76 Å². The van der Waals surface area contributed by atoms with Crippen LogP contribution in [-0.2, 0) is 20.9 Å². The maximum atomic E-state index is 12.8. The van der Waals surface area contributed by atoms with Crippen LogP contribution in [0, 0.1) is 16.0 Å². The Morgan fingerprint density at radius 3 is 2.79 bits per heavy atom. The summed E-state index contributed by atoms with van der Waals surface area (Å²) in [5.74, 6) is -1.05. The van der Waals surface area contributed by atoms with Crippen molar-refractivity contribution in [2.45, 2.75) is 32.7 Å². The predicted octanol–water partition coefficient (Wildman–Crippen LogP) is 1.69. The van der Waals surface area contributed by atoms with E-state index < -0.39 is 10.7 Å². The number of esters is 1. The maximum absolute atomic E-state index is 12.8. The lowest BCUT2D eigenvalue weighted by Crippen LogP contribution is -2.38. The Balaban J connectivity index is 1.76. The highest BCUT2D eigenvalue weighted by Gasteiger charge is 2.28. The third-order valence-corrected chi connectivity index (χ3v) is 4.58. The summed E-state index contributed by atoms with van der Waals surface area (Å²) in [5.41, 5.74) is 0.150. The number of fused-ring (bicyclic) bond motifs is 1. The summed E-state index contributed by atoms with van der Waals surface area (Å²) in [6.07, 6.45) is 2.14. The van der Waals surface area contributed by atoms with Crippen molar-refractivity contribution in [2.75, 3.05) is 19.7 Å². The summed E-state index contributed by atoms with van der Waals surface area (Å²) < 4.78 is 11.1. The van der Waals surface area contributed by atoms with Gasteiger partial charge in [-0.15, -0.1) is 0 Å². The van der Waals surface area contributed by atoms with Gasteiger partial charge in [-0.1, -0.05) is 0 Å². The van der Waals surface area contributed by atoms with Crippen molar-refractivity contribution < 1.29 is 23.7 Å². The third kappa shape index (κ3) is 4.56. The van der Waals surface area contributed by atoms with Crippen molar-refractivity contribution in [3.63, 3.8) is 0 Å². The van der Waals surface area contributed by atoms with Crippen molar-refractivity contribution >= 4 is 28.7 Å². The fourth-order valence-electron chi connectivity index (χ4n) is 2.94. The van der Waals surface area contributed by atoms with E-state index in [1.807, 2.05) is 0 Å². The molecule has 1 heterocycles. The van der Waals surface area contributed by atoms with Crippen LogP contribution in [0.5, 0.6) is 0 Å². The molecule has 150 valence electrons. The van der Waals surface area contributed by atoms with Crippen molar-refractivity contribution in [1.82, 2.24) is 9.47 Å². The molecule has 0 N–H and O–H groups in total. The van der Waals surface area contributed by atoms with Crippen molar-refractivity contribution in [2.24, 2.45) is 5.92 Å².